The second kappa shape index (κ2) is 8.72. The van der Waals surface area contributed by atoms with Crippen LogP contribution < -0.4 is 5.32 Å². The van der Waals surface area contributed by atoms with Gasteiger partial charge in [-0.2, -0.15) is 0 Å². The van der Waals surface area contributed by atoms with E-state index in [4.69, 9.17) is 0 Å². The molecule has 0 saturated carbocycles. The second-order valence-electron chi connectivity index (χ2n) is 6.06. The van der Waals surface area contributed by atoms with Crippen molar-refractivity contribution < 1.29 is 18.0 Å². The summed E-state index contributed by atoms with van der Waals surface area (Å²) in [6.07, 6.45) is 0. The summed E-state index contributed by atoms with van der Waals surface area (Å²) in [6.45, 7) is 1.02. The van der Waals surface area contributed by atoms with Crippen molar-refractivity contribution in [2.45, 2.75) is 0 Å². The van der Waals surface area contributed by atoms with E-state index in [0.29, 0.717) is 16.7 Å². The molecule has 0 aliphatic rings. The van der Waals surface area contributed by atoms with Crippen LogP contribution in [-0.4, -0.2) is 49.9 Å². The number of nitrogens with zero attached hydrogens (tertiary/aromatic N) is 2. The molecule has 8 heteroatoms. The van der Waals surface area contributed by atoms with Crippen LogP contribution in [0.4, 0.5) is 24.5 Å². The molecule has 1 N–H and O–H groups in total. The maximum absolute atomic E-state index is 14.4. The molecule has 0 saturated heterocycles. The molecule has 0 aliphatic carbocycles. The number of carbonyl (C=O) groups excluding carboxylic acids is 1. The van der Waals surface area contributed by atoms with Gasteiger partial charge in [-0.15, -0.1) is 0 Å². The number of halogens is 4. The van der Waals surface area contributed by atoms with Crippen molar-refractivity contribution in [2.24, 2.45) is 0 Å². The summed E-state index contributed by atoms with van der Waals surface area (Å²) in [6, 6.07) is 6.36. The van der Waals surface area contributed by atoms with Crippen molar-refractivity contribution in [3.8, 4) is 0 Å². The van der Waals surface area contributed by atoms with E-state index >= 15 is 0 Å². The zero-order chi connectivity index (χ0) is 19.4. The Kier molecular flexibility index (Phi) is 6.87. The fourth-order valence-corrected chi connectivity index (χ4v) is 2.69. The lowest BCUT2D eigenvalue weighted by atomic mass is 10.1. The summed E-state index contributed by atoms with van der Waals surface area (Å²) in [5.74, 6) is -3.46. The summed E-state index contributed by atoms with van der Waals surface area (Å²) in [4.78, 5) is 16.0. The molecule has 4 nitrogen and oxygen atoms in total. The van der Waals surface area contributed by atoms with E-state index in [9.17, 15) is 18.0 Å². The van der Waals surface area contributed by atoms with Gasteiger partial charge >= 0.3 is 0 Å². The first kappa shape index (κ1) is 20.5. The molecule has 0 unspecified atom stereocenters. The van der Waals surface area contributed by atoms with E-state index < -0.39 is 23.4 Å². The number of likely N-dealkylation sites (N-methyl/N-ethyl adjacent to an activating group) is 2. The molecule has 2 aromatic carbocycles. The molecular formula is C18H19F3IN3O. The molecule has 0 bridgehead atoms. The lowest BCUT2D eigenvalue weighted by molar-refractivity contribution is 0.0787. The average molecular weight is 477 g/mol. The summed E-state index contributed by atoms with van der Waals surface area (Å²) in [5.41, 5.74) is -0.491. The van der Waals surface area contributed by atoms with Crippen LogP contribution in [0, 0.1) is 21.0 Å². The van der Waals surface area contributed by atoms with Crippen molar-refractivity contribution in [3.63, 3.8) is 0 Å². The van der Waals surface area contributed by atoms with Crippen LogP contribution in [0.5, 0.6) is 0 Å². The average Bonchev–Trinajstić information content (AvgIpc) is 2.58. The van der Waals surface area contributed by atoms with Crippen LogP contribution in [0.15, 0.2) is 30.3 Å². The quantitative estimate of drug-likeness (QED) is 0.638. The van der Waals surface area contributed by atoms with Crippen molar-refractivity contribution >= 4 is 39.9 Å². The minimum Gasteiger partial charge on any atom is -0.350 e. The van der Waals surface area contributed by atoms with Gasteiger partial charge in [0.25, 0.3) is 5.91 Å². The lowest BCUT2D eigenvalue weighted by Crippen LogP contribution is -2.34. The smallest absolute Gasteiger partial charge is 0.255 e. The van der Waals surface area contributed by atoms with Gasteiger partial charge in [-0.3, -0.25) is 4.79 Å². The SMILES string of the molecule is CN(C)CCN(C)C(=O)c1ccc(F)c(F)c1Nc1ccc(I)cc1F. The Morgan fingerprint density at radius 2 is 1.73 bits per heavy atom. The Morgan fingerprint density at radius 1 is 1.04 bits per heavy atom. The van der Waals surface area contributed by atoms with Crippen LogP contribution in [0.1, 0.15) is 10.4 Å². The molecule has 1 amide bonds. The Labute approximate surface area is 164 Å². The molecule has 0 spiro atoms. The summed E-state index contributed by atoms with van der Waals surface area (Å²) in [7, 11) is 5.30. The topological polar surface area (TPSA) is 35.6 Å². The van der Waals surface area contributed by atoms with E-state index in [2.05, 4.69) is 5.32 Å². The van der Waals surface area contributed by atoms with E-state index in [0.717, 1.165) is 6.07 Å². The predicted octanol–water partition coefficient (Wildman–Crippen LogP) is 4.09. The molecule has 0 aliphatic heterocycles. The van der Waals surface area contributed by atoms with Gasteiger partial charge in [0, 0.05) is 23.7 Å². The summed E-state index contributed by atoms with van der Waals surface area (Å²) in [5, 5.41) is 2.53. The first-order valence-electron chi connectivity index (χ1n) is 7.81. The number of benzene rings is 2. The van der Waals surface area contributed by atoms with Gasteiger partial charge < -0.3 is 15.1 Å². The third kappa shape index (κ3) is 4.88. The second-order valence-corrected chi connectivity index (χ2v) is 7.31. The number of carbonyl (C=O) groups is 1. The standard InChI is InChI=1S/C18H19F3IN3O/c1-24(2)8-9-25(3)18(26)12-5-6-13(19)16(21)17(12)23-15-7-4-11(22)10-14(15)20/h4-7,10,23H,8-9H2,1-3H3. The highest BCUT2D eigenvalue weighted by atomic mass is 127. The molecule has 0 heterocycles. The van der Waals surface area contributed by atoms with Crippen LogP contribution >= 0.6 is 22.6 Å². The number of nitrogens with one attached hydrogen (secondary N) is 1. The Bertz CT molecular complexity index is 815. The fraction of sp³-hybridized carbons (Fsp3) is 0.278. The van der Waals surface area contributed by atoms with Crippen LogP contribution in [0.3, 0.4) is 0 Å². The highest BCUT2D eigenvalue weighted by Gasteiger charge is 2.22. The molecule has 0 fully saturated rings. The molecule has 0 atom stereocenters. The first-order valence-corrected chi connectivity index (χ1v) is 8.89. The minimum absolute atomic E-state index is 0.0417. The van der Waals surface area contributed by atoms with E-state index in [1.54, 1.807) is 13.1 Å². The highest BCUT2D eigenvalue weighted by molar-refractivity contribution is 14.1. The molecule has 2 aromatic rings. The maximum Gasteiger partial charge on any atom is 0.255 e. The number of rotatable bonds is 6. The third-order valence-corrected chi connectivity index (χ3v) is 4.42. The molecule has 26 heavy (non-hydrogen) atoms. The first-order chi connectivity index (χ1) is 12.2. The van der Waals surface area contributed by atoms with Crippen LogP contribution in [0.25, 0.3) is 0 Å². The normalized spacial score (nSPS) is 10.9. The van der Waals surface area contributed by atoms with Crippen LogP contribution in [-0.2, 0) is 0 Å². The number of hydrogen-bond donors (Lipinski definition) is 1. The van der Waals surface area contributed by atoms with E-state index in [1.807, 2.05) is 41.6 Å². The van der Waals surface area contributed by atoms with Crippen LogP contribution in [0.2, 0.25) is 0 Å². The Balaban J connectivity index is 2.38. The summed E-state index contributed by atoms with van der Waals surface area (Å²) >= 11 is 1.94. The van der Waals surface area contributed by atoms with Gasteiger partial charge in [-0.05, 0) is 67.0 Å². The van der Waals surface area contributed by atoms with Crippen molar-refractivity contribution in [1.82, 2.24) is 9.80 Å². The molecule has 0 radical (unpaired) electrons. The van der Waals surface area contributed by atoms with Gasteiger partial charge in [-0.25, -0.2) is 13.2 Å². The molecule has 140 valence electrons. The third-order valence-electron chi connectivity index (χ3n) is 3.75. The van der Waals surface area contributed by atoms with Crippen molar-refractivity contribution in [2.75, 3.05) is 39.5 Å². The van der Waals surface area contributed by atoms with E-state index in [1.165, 1.54) is 23.1 Å². The molecule has 0 aromatic heterocycles. The number of hydrogen-bond acceptors (Lipinski definition) is 3. The molecular weight excluding hydrogens is 458 g/mol. The molecule has 2 rings (SSSR count). The van der Waals surface area contributed by atoms with Gasteiger partial charge in [-0.1, -0.05) is 0 Å². The minimum atomic E-state index is -1.23. The van der Waals surface area contributed by atoms with Gasteiger partial charge in [0.05, 0.1) is 16.9 Å². The van der Waals surface area contributed by atoms with Gasteiger partial charge in [0.2, 0.25) is 0 Å². The lowest BCUT2D eigenvalue weighted by Gasteiger charge is -2.22. The van der Waals surface area contributed by atoms with Gasteiger partial charge in [0.1, 0.15) is 5.82 Å². The number of amides is 1. The van der Waals surface area contributed by atoms with Crippen molar-refractivity contribution in [1.29, 1.82) is 0 Å². The largest absolute Gasteiger partial charge is 0.350 e. The Morgan fingerprint density at radius 3 is 2.35 bits per heavy atom. The predicted molar refractivity (Wildman–Crippen MR) is 104 cm³/mol. The zero-order valence-corrected chi connectivity index (χ0v) is 16.8. The Hall–Kier alpha value is -1.81. The monoisotopic (exact) mass is 477 g/mol. The van der Waals surface area contributed by atoms with Gasteiger partial charge in [0.15, 0.2) is 11.6 Å². The van der Waals surface area contributed by atoms with E-state index in [-0.39, 0.29) is 16.9 Å². The van der Waals surface area contributed by atoms with Crippen molar-refractivity contribution in [3.05, 3.63) is 56.9 Å². The number of anilines is 2. The maximum atomic E-state index is 14.4. The highest BCUT2D eigenvalue weighted by Crippen LogP contribution is 2.29. The summed E-state index contributed by atoms with van der Waals surface area (Å²) < 4.78 is 42.8. The fourth-order valence-electron chi connectivity index (χ4n) is 2.23. The zero-order valence-electron chi connectivity index (χ0n) is 14.6.